The number of nitrogens with one attached hydrogen (secondary N) is 1. The lowest BCUT2D eigenvalue weighted by Crippen LogP contribution is -2.40. The minimum atomic E-state index is -0.262. The molecule has 0 aliphatic heterocycles. The molecule has 0 heterocycles. The molecule has 1 amide bonds. The first kappa shape index (κ1) is 14.2. The third-order valence-corrected chi connectivity index (χ3v) is 4.51. The lowest BCUT2D eigenvalue weighted by atomic mass is 10.1. The number of hydrogen-bond acceptors (Lipinski definition) is 3. The molecular formula is C14H18BrNO3. The number of halogens is 1. The van der Waals surface area contributed by atoms with Crippen LogP contribution in [0.4, 0.5) is 0 Å². The molecule has 0 bridgehead atoms. The van der Waals surface area contributed by atoms with Crippen LogP contribution in [0.15, 0.2) is 18.2 Å². The number of carbonyl (C=O) groups is 1. The second-order valence-electron chi connectivity index (χ2n) is 4.97. The van der Waals surface area contributed by atoms with E-state index in [4.69, 9.17) is 0 Å². The van der Waals surface area contributed by atoms with Gasteiger partial charge in [-0.25, -0.2) is 0 Å². The zero-order chi connectivity index (χ0) is 13.8. The molecule has 3 N–H and O–H groups in total. The van der Waals surface area contributed by atoms with Crippen molar-refractivity contribution in [1.29, 1.82) is 0 Å². The van der Waals surface area contributed by atoms with Gasteiger partial charge >= 0.3 is 0 Å². The number of benzene rings is 1. The summed E-state index contributed by atoms with van der Waals surface area (Å²) in [5.74, 6) is -0.481. The van der Waals surface area contributed by atoms with Gasteiger partial charge in [0.05, 0.1) is 0 Å². The van der Waals surface area contributed by atoms with E-state index in [1.54, 1.807) is 0 Å². The van der Waals surface area contributed by atoms with Gasteiger partial charge in [0.1, 0.15) is 11.5 Å². The fourth-order valence-corrected chi connectivity index (χ4v) is 3.12. The van der Waals surface area contributed by atoms with E-state index in [9.17, 15) is 15.0 Å². The Hall–Kier alpha value is -1.23. The van der Waals surface area contributed by atoms with Gasteiger partial charge in [-0.15, -0.1) is 0 Å². The number of aromatic hydroxyl groups is 2. The predicted molar refractivity (Wildman–Crippen MR) is 76.8 cm³/mol. The molecule has 0 spiro atoms. The summed E-state index contributed by atoms with van der Waals surface area (Å²) >= 11 is 3.62. The van der Waals surface area contributed by atoms with Gasteiger partial charge in [0, 0.05) is 22.5 Å². The highest BCUT2D eigenvalue weighted by Crippen LogP contribution is 2.25. The van der Waals surface area contributed by atoms with E-state index < -0.39 is 0 Å². The Morgan fingerprint density at radius 1 is 1.11 bits per heavy atom. The van der Waals surface area contributed by atoms with Crippen LogP contribution in [0, 0.1) is 0 Å². The Morgan fingerprint density at radius 2 is 1.74 bits per heavy atom. The minimum Gasteiger partial charge on any atom is -0.508 e. The van der Waals surface area contributed by atoms with Gasteiger partial charge in [-0.05, 0) is 25.0 Å². The molecule has 2 unspecified atom stereocenters. The lowest BCUT2D eigenvalue weighted by molar-refractivity contribution is 0.0934. The first-order chi connectivity index (χ1) is 9.06. The third kappa shape index (κ3) is 3.86. The Kier molecular flexibility index (Phi) is 4.69. The Morgan fingerprint density at radius 3 is 2.42 bits per heavy atom. The smallest absolute Gasteiger partial charge is 0.251 e. The number of amides is 1. The monoisotopic (exact) mass is 327 g/mol. The molecule has 1 aromatic rings. The molecule has 5 heteroatoms. The van der Waals surface area contributed by atoms with Gasteiger partial charge in [-0.1, -0.05) is 35.2 Å². The van der Waals surface area contributed by atoms with Crippen molar-refractivity contribution >= 4 is 21.8 Å². The highest BCUT2D eigenvalue weighted by atomic mass is 79.9. The molecule has 0 aromatic heterocycles. The molecule has 104 valence electrons. The van der Waals surface area contributed by atoms with E-state index in [1.165, 1.54) is 31.0 Å². The van der Waals surface area contributed by atoms with E-state index in [0.717, 1.165) is 19.3 Å². The normalized spacial score (nSPS) is 23.6. The summed E-state index contributed by atoms with van der Waals surface area (Å²) in [6, 6.07) is 4.01. The molecule has 1 saturated carbocycles. The number of phenols is 2. The molecule has 1 aromatic carbocycles. The summed E-state index contributed by atoms with van der Waals surface area (Å²) < 4.78 is 0. The van der Waals surface area contributed by atoms with Gasteiger partial charge in [-0.3, -0.25) is 4.79 Å². The second-order valence-corrected chi connectivity index (χ2v) is 6.15. The summed E-state index contributed by atoms with van der Waals surface area (Å²) in [7, 11) is 0. The maximum absolute atomic E-state index is 12.1. The van der Waals surface area contributed by atoms with E-state index in [1.807, 2.05) is 0 Å². The Balaban J connectivity index is 2.07. The average Bonchev–Trinajstić information content (AvgIpc) is 2.54. The van der Waals surface area contributed by atoms with Gasteiger partial charge in [-0.2, -0.15) is 0 Å². The molecule has 2 atom stereocenters. The number of phenolic OH excluding ortho intramolecular Hbond substituents is 2. The molecule has 0 radical (unpaired) electrons. The van der Waals surface area contributed by atoms with E-state index in [-0.39, 0.29) is 33.8 Å². The summed E-state index contributed by atoms with van der Waals surface area (Å²) in [6.45, 7) is 0. The second kappa shape index (κ2) is 6.28. The molecule has 2 rings (SSSR count). The zero-order valence-electron chi connectivity index (χ0n) is 10.6. The molecule has 19 heavy (non-hydrogen) atoms. The molecule has 4 nitrogen and oxygen atoms in total. The quantitative estimate of drug-likeness (QED) is 0.577. The van der Waals surface area contributed by atoms with Crippen LogP contribution in [-0.4, -0.2) is 27.0 Å². The van der Waals surface area contributed by atoms with Crippen molar-refractivity contribution in [2.75, 3.05) is 0 Å². The fraction of sp³-hybridized carbons (Fsp3) is 0.500. The Bertz CT molecular complexity index is 444. The molecule has 1 aliphatic rings. The average molecular weight is 328 g/mol. The predicted octanol–water partition coefficient (Wildman–Crippen LogP) is 2.92. The van der Waals surface area contributed by atoms with Crippen LogP contribution in [0.2, 0.25) is 0 Å². The summed E-state index contributed by atoms with van der Waals surface area (Å²) in [4.78, 5) is 12.4. The minimum absolute atomic E-state index is 0.0968. The van der Waals surface area contributed by atoms with Crippen molar-refractivity contribution in [1.82, 2.24) is 5.32 Å². The van der Waals surface area contributed by atoms with Crippen LogP contribution in [0.1, 0.15) is 42.5 Å². The van der Waals surface area contributed by atoms with Gasteiger partial charge in [0.25, 0.3) is 5.91 Å². The molecule has 1 fully saturated rings. The fourth-order valence-electron chi connectivity index (χ4n) is 2.40. The summed E-state index contributed by atoms with van der Waals surface area (Å²) in [5.41, 5.74) is 0.279. The highest BCUT2D eigenvalue weighted by molar-refractivity contribution is 9.09. The summed E-state index contributed by atoms with van der Waals surface area (Å²) in [5, 5.41) is 21.8. The number of carbonyl (C=O) groups excluding carboxylic acids is 1. The van der Waals surface area contributed by atoms with Gasteiger partial charge in [0.2, 0.25) is 0 Å². The third-order valence-electron chi connectivity index (χ3n) is 3.41. The standard InChI is InChI=1S/C14H18BrNO3/c15-12-4-2-1-3-5-13(12)16-14(19)9-6-10(17)8-11(18)7-9/h6-8,12-13,17-18H,1-5H2,(H,16,19). The maximum Gasteiger partial charge on any atom is 0.251 e. The topological polar surface area (TPSA) is 69.6 Å². The van der Waals surface area contributed by atoms with Crippen molar-refractivity contribution in [2.24, 2.45) is 0 Å². The van der Waals surface area contributed by atoms with Crippen LogP contribution in [0.3, 0.4) is 0 Å². The van der Waals surface area contributed by atoms with Crippen LogP contribution < -0.4 is 5.32 Å². The van der Waals surface area contributed by atoms with E-state index in [0.29, 0.717) is 0 Å². The number of alkyl halides is 1. The van der Waals surface area contributed by atoms with Crippen molar-refractivity contribution in [3.63, 3.8) is 0 Å². The SMILES string of the molecule is O=C(NC1CCCCCC1Br)c1cc(O)cc(O)c1. The van der Waals surface area contributed by atoms with Crippen LogP contribution in [-0.2, 0) is 0 Å². The first-order valence-corrected chi connectivity index (χ1v) is 7.46. The van der Waals surface area contributed by atoms with Gasteiger partial charge in [0.15, 0.2) is 0 Å². The number of hydrogen-bond donors (Lipinski definition) is 3. The van der Waals surface area contributed by atoms with Crippen LogP contribution in [0.25, 0.3) is 0 Å². The van der Waals surface area contributed by atoms with Crippen LogP contribution in [0.5, 0.6) is 11.5 Å². The van der Waals surface area contributed by atoms with E-state index >= 15 is 0 Å². The van der Waals surface area contributed by atoms with Crippen molar-refractivity contribution in [3.05, 3.63) is 23.8 Å². The highest BCUT2D eigenvalue weighted by Gasteiger charge is 2.23. The largest absolute Gasteiger partial charge is 0.508 e. The van der Waals surface area contributed by atoms with Gasteiger partial charge < -0.3 is 15.5 Å². The van der Waals surface area contributed by atoms with Crippen molar-refractivity contribution in [3.8, 4) is 11.5 Å². The Labute approximate surface area is 121 Å². The first-order valence-electron chi connectivity index (χ1n) is 6.54. The molecular weight excluding hydrogens is 310 g/mol. The lowest BCUT2D eigenvalue weighted by Gasteiger charge is -2.21. The zero-order valence-corrected chi connectivity index (χ0v) is 12.2. The van der Waals surface area contributed by atoms with Crippen molar-refractivity contribution in [2.45, 2.75) is 43.0 Å². The number of rotatable bonds is 2. The maximum atomic E-state index is 12.1. The van der Waals surface area contributed by atoms with Crippen LogP contribution >= 0.6 is 15.9 Å². The van der Waals surface area contributed by atoms with Crippen molar-refractivity contribution < 1.29 is 15.0 Å². The van der Waals surface area contributed by atoms with E-state index in [2.05, 4.69) is 21.2 Å². The molecule has 0 saturated heterocycles. The molecule has 1 aliphatic carbocycles. The summed E-state index contributed by atoms with van der Waals surface area (Å²) in [6.07, 6.45) is 5.48.